The second-order valence-electron chi connectivity index (χ2n) is 5.25. The van der Waals surface area contributed by atoms with Gasteiger partial charge in [0, 0.05) is 0 Å². The van der Waals surface area contributed by atoms with Crippen LogP contribution in [0, 0.1) is 5.92 Å². The van der Waals surface area contributed by atoms with Gasteiger partial charge in [-0.2, -0.15) is 0 Å². The first-order valence-electron chi connectivity index (χ1n) is 6.51. The van der Waals surface area contributed by atoms with Crippen LogP contribution in [0.25, 0.3) is 0 Å². The van der Waals surface area contributed by atoms with Crippen LogP contribution in [0.4, 0.5) is 0 Å². The number of hydrogen-bond donors (Lipinski definition) is 1. The molecule has 0 saturated heterocycles. The van der Waals surface area contributed by atoms with E-state index in [-0.39, 0.29) is 12.3 Å². The van der Waals surface area contributed by atoms with Gasteiger partial charge in [0.15, 0.2) is 11.5 Å². The number of ether oxygens (including phenoxy) is 2. The Kier molecular flexibility index (Phi) is 3.98. The molecule has 4 heteroatoms. The van der Waals surface area contributed by atoms with Crippen molar-refractivity contribution in [3.8, 4) is 11.5 Å². The zero-order valence-corrected chi connectivity index (χ0v) is 11.6. The van der Waals surface area contributed by atoms with Crippen LogP contribution in [0.1, 0.15) is 36.8 Å². The van der Waals surface area contributed by atoms with E-state index in [1.807, 2.05) is 12.1 Å². The SMILES string of the molecule is COc1cc2c(cc1OC)C(CC(=O)O)CC(C)C2. The number of rotatable bonds is 4. The fraction of sp³-hybridized carbons (Fsp3) is 0.533. The first kappa shape index (κ1) is 13.7. The van der Waals surface area contributed by atoms with Crippen molar-refractivity contribution < 1.29 is 19.4 Å². The Labute approximate surface area is 113 Å². The number of carboxylic acid groups (broad SMARTS) is 1. The Hall–Kier alpha value is -1.71. The summed E-state index contributed by atoms with van der Waals surface area (Å²) in [5, 5.41) is 9.05. The standard InChI is InChI=1S/C15H20O4/c1-9-4-10-6-13(18-2)14(19-3)8-12(10)11(5-9)7-15(16)17/h6,8-9,11H,4-5,7H2,1-3H3,(H,16,17). The fourth-order valence-corrected chi connectivity index (χ4v) is 2.97. The molecule has 0 aromatic heterocycles. The van der Waals surface area contributed by atoms with Gasteiger partial charge in [-0.15, -0.1) is 0 Å². The third-order valence-corrected chi connectivity index (χ3v) is 3.76. The van der Waals surface area contributed by atoms with Crippen molar-refractivity contribution >= 4 is 5.97 Å². The third-order valence-electron chi connectivity index (χ3n) is 3.76. The average Bonchev–Trinajstić information content (AvgIpc) is 2.36. The molecule has 2 unspecified atom stereocenters. The molecule has 1 aliphatic rings. The highest BCUT2D eigenvalue weighted by atomic mass is 16.5. The van der Waals surface area contributed by atoms with Crippen LogP contribution in [0.2, 0.25) is 0 Å². The average molecular weight is 264 g/mol. The van der Waals surface area contributed by atoms with Gasteiger partial charge in [0.1, 0.15) is 0 Å². The minimum Gasteiger partial charge on any atom is -0.493 e. The van der Waals surface area contributed by atoms with Crippen molar-refractivity contribution in [1.29, 1.82) is 0 Å². The molecule has 2 atom stereocenters. The lowest BCUT2D eigenvalue weighted by Crippen LogP contribution is -2.19. The van der Waals surface area contributed by atoms with Gasteiger partial charge in [0.05, 0.1) is 20.6 Å². The number of methoxy groups -OCH3 is 2. The first-order chi connectivity index (χ1) is 9.05. The summed E-state index contributed by atoms with van der Waals surface area (Å²) >= 11 is 0. The maximum absolute atomic E-state index is 11.0. The summed E-state index contributed by atoms with van der Waals surface area (Å²) in [6.45, 7) is 2.16. The molecule has 0 heterocycles. The summed E-state index contributed by atoms with van der Waals surface area (Å²) in [6, 6.07) is 3.92. The number of carboxylic acids is 1. The van der Waals surface area contributed by atoms with E-state index in [1.165, 1.54) is 5.56 Å². The quantitative estimate of drug-likeness (QED) is 0.908. The summed E-state index contributed by atoms with van der Waals surface area (Å²) < 4.78 is 10.6. The molecule has 1 N–H and O–H groups in total. The second-order valence-corrected chi connectivity index (χ2v) is 5.25. The van der Waals surface area contributed by atoms with Gasteiger partial charge in [0.2, 0.25) is 0 Å². The Bertz CT molecular complexity index is 481. The number of aliphatic carboxylic acids is 1. The molecular formula is C15H20O4. The van der Waals surface area contributed by atoms with Gasteiger partial charge in [-0.25, -0.2) is 0 Å². The minimum atomic E-state index is -0.750. The molecule has 0 amide bonds. The Morgan fingerprint density at radius 2 is 1.95 bits per heavy atom. The van der Waals surface area contributed by atoms with Crippen molar-refractivity contribution in [2.24, 2.45) is 5.92 Å². The van der Waals surface area contributed by atoms with Crippen LogP contribution < -0.4 is 9.47 Å². The number of hydrogen-bond acceptors (Lipinski definition) is 3. The van der Waals surface area contributed by atoms with Gasteiger partial charge < -0.3 is 14.6 Å². The van der Waals surface area contributed by atoms with Gasteiger partial charge >= 0.3 is 5.97 Å². The third kappa shape index (κ3) is 2.83. The fourth-order valence-electron chi connectivity index (χ4n) is 2.97. The summed E-state index contributed by atoms with van der Waals surface area (Å²) in [5.41, 5.74) is 2.28. The van der Waals surface area contributed by atoms with E-state index in [1.54, 1.807) is 14.2 Å². The monoisotopic (exact) mass is 264 g/mol. The molecule has 1 aliphatic carbocycles. The van der Waals surface area contributed by atoms with E-state index >= 15 is 0 Å². The van der Waals surface area contributed by atoms with Gasteiger partial charge in [-0.1, -0.05) is 6.92 Å². The normalized spacial score (nSPS) is 21.6. The van der Waals surface area contributed by atoms with E-state index in [9.17, 15) is 4.79 Å². The summed E-state index contributed by atoms with van der Waals surface area (Å²) in [5.74, 6) is 1.20. The maximum atomic E-state index is 11.0. The Balaban J connectivity index is 2.44. The lowest BCUT2D eigenvalue weighted by Gasteiger charge is -2.29. The highest BCUT2D eigenvalue weighted by Crippen LogP contribution is 2.42. The van der Waals surface area contributed by atoms with E-state index in [0.29, 0.717) is 17.4 Å². The van der Waals surface area contributed by atoms with E-state index in [4.69, 9.17) is 14.6 Å². The predicted octanol–water partition coefficient (Wildman–Crippen LogP) is 2.84. The van der Waals surface area contributed by atoms with Crippen LogP contribution >= 0.6 is 0 Å². The van der Waals surface area contributed by atoms with Crippen LogP contribution in [-0.4, -0.2) is 25.3 Å². The van der Waals surface area contributed by atoms with Gasteiger partial charge in [-0.3, -0.25) is 4.79 Å². The largest absolute Gasteiger partial charge is 0.493 e. The second kappa shape index (κ2) is 5.51. The molecule has 19 heavy (non-hydrogen) atoms. The van der Waals surface area contributed by atoms with Crippen LogP contribution in [-0.2, 0) is 11.2 Å². The van der Waals surface area contributed by atoms with Crippen molar-refractivity contribution in [2.75, 3.05) is 14.2 Å². The van der Waals surface area contributed by atoms with E-state index in [2.05, 4.69) is 6.92 Å². The van der Waals surface area contributed by atoms with E-state index in [0.717, 1.165) is 18.4 Å². The summed E-state index contributed by atoms with van der Waals surface area (Å²) in [4.78, 5) is 11.0. The lowest BCUT2D eigenvalue weighted by molar-refractivity contribution is -0.137. The van der Waals surface area contributed by atoms with Crippen LogP contribution in [0.5, 0.6) is 11.5 Å². The summed E-state index contributed by atoms with van der Waals surface area (Å²) in [7, 11) is 3.22. The van der Waals surface area contributed by atoms with Crippen molar-refractivity contribution in [3.63, 3.8) is 0 Å². The lowest BCUT2D eigenvalue weighted by atomic mass is 9.76. The molecule has 2 rings (SSSR count). The molecule has 0 bridgehead atoms. The Morgan fingerprint density at radius 1 is 1.32 bits per heavy atom. The van der Waals surface area contributed by atoms with Crippen molar-refractivity contribution in [1.82, 2.24) is 0 Å². The van der Waals surface area contributed by atoms with Gasteiger partial charge in [-0.05, 0) is 47.9 Å². The molecule has 0 fully saturated rings. The molecule has 104 valence electrons. The molecule has 4 nitrogen and oxygen atoms in total. The zero-order valence-electron chi connectivity index (χ0n) is 11.6. The minimum absolute atomic E-state index is 0.0658. The molecule has 0 saturated carbocycles. The van der Waals surface area contributed by atoms with E-state index < -0.39 is 5.97 Å². The Morgan fingerprint density at radius 3 is 2.53 bits per heavy atom. The van der Waals surface area contributed by atoms with Crippen molar-refractivity contribution in [3.05, 3.63) is 23.3 Å². The molecule has 1 aromatic carbocycles. The number of benzene rings is 1. The first-order valence-corrected chi connectivity index (χ1v) is 6.51. The molecular weight excluding hydrogens is 244 g/mol. The van der Waals surface area contributed by atoms with Crippen LogP contribution in [0.15, 0.2) is 12.1 Å². The number of carbonyl (C=O) groups is 1. The number of fused-ring (bicyclic) bond motifs is 1. The predicted molar refractivity (Wildman–Crippen MR) is 72.0 cm³/mol. The molecule has 0 radical (unpaired) electrons. The van der Waals surface area contributed by atoms with Gasteiger partial charge in [0.25, 0.3) is 0 Å². The molecule has 1 aromatic rings. The molecule has 0 aliphatic heterocycles. The van der Waals surface area contributed by atoms with Crippen LogP contribution in [0.3, 0.4) is 0 Å². The highest BCUT2D eigenvalue weighted by molar-refractivity contribution is 5.68. The zero-order chi connectivity index (χ0) is 14.0. The molecule has 0 spiro atoms. The highest BCUT2D eigenvalue weighted by Gasteiger charge is 2.28. The topological polar surface area (TPSA) is 55.8 Å². The smallest absolute Gasteiger partial charge is 0.303 e. The summed E-state index contributed by atoms with van der Waals surface area (Å²) in [6.07, 6.45) is 2.05. The maximum Gasteiger partial charge on any atom is 0.303 e. The van der Waals surface area contributed by atoms with Crippen molar-refractivity contribution in [2.45, 2.75) is 32.1 Å².